The molecule has 0 aromatic heterocycles. The van der Waals surface area contributed by atoms with Crippen LogP contribution in [0.4, 0.5) is 0 Å². The Kier molecular flexibility index (Phi) is 9.87. The van der Waals surface area contributed by atoms with Crippen LogP contribution >= 0.6 is 31.9 Å². The molecule has 2 N–H and O–H groups in total. The molecule has 0 saturated carbocycles. The summed E-state index contributed by atoms with van der Waals surface area (Å²) in [6.07, 6.45) is 13.9. The minimum absolute atomic E-state index is 0.0642. The van der Waals surface area contributed by atoms with E-state index in [9.17, 15) is 14.7 Å². The van der Waals surface area contributed by atoms with Crippen LogP contribution in [-0.4, -0.2) is 34.7 Å². The predicted molar refractivity (Wildman–Crippen MR) is 117 cm³/mol. The zero-order valence-corrected chi connectivity index (χ0v) is 19.7. The number of rotatable bonds is 11. The standard InChI is InChI=1S/C21H31Br2NO4/c1-2-3-4-5-6-7-8-9-10-11-18(25)24-17-14-21(28-20(17)27)12-15(22)19(26)16(23)13-21/h12-13,17,20,27H,2-11,14H2,1H3,(H,24,25). The molecule has 1 spiro atoms. The molecule has 1 amide bonds. The highest BCUT2D eigenvalue weighted by atomic mass is 79.9. The maximum Gasteiger partial charge on any atom is 0.220 e. The van der Waals surface area contributed by atoms with Crippen LogP contribution < -0.4 is 5.32 Å². The van der Waals surface area contributed by atoms with Crippen molar-refractivity contribution in [2.24, 2.45) is 0 Å². The first kappa shape index (κ1) is 23.8. The Morgan fingerprint density at radius 1 is 1.11 bits per heavy atom. The molecule has 0 aromatic carbocycles. The van der Waals surface area contributed by atoms with Gasteiger partial charge in [0.25, 0.3) is 0 Å². The molecule has 2 atom stereocenters. The molecule has 1 aliphatic heterocycles. The summed E-state index contributed by atoms with van der Waals surface area (Å²) < 4.78 is 6.44. The summed E-state index contributed by atoms with van der Waals surface area (Å²) in [6, 6.07) is -0.493. The van der Waals surface area contributed by atoms with Crippen LogP contribution in [0.1, 0.15) is 77.6 Å². The van der Waals surface area contributed by atoms with Gasteiger partial charge in [-0.2, -0.15) is 0 Å². The number of aliphatic hydroxyl groups excluding tert-OH is 1. The van der Waals surface area contributed by atoms with Gasteiger partial charge in [0.15, 0.2) is 6.29 Å². The number of amides is 1. The van der Waals surface area contributed by atoms with Crippen LogP contribution in [0.15, 0.2) is 21.1 Å². The molecule has 1 heterocycles. The topological polar surface area (TPSA) is 75.6 Å². The monoisotopic (exact) mass is 519 g/mol. The number of halogens is 2. The van der Waals surface area contributed by atoms with E-state index in [1.54, 1.807) is 12.2 Å². The van der Waals surface area contributed by atoms with Gasteiger partial charge in [0.05, 0.1) is 15.0 Å². The van der Waals surface area contributed by atoms with Gasteiger partial charge in [0, 0.05) is 12.8 Å². The molecule has 7 heteroatoms. The van der Waals surface area contributed by atoms with Crippen LogP contribution in [0, 0.1) is 0 Å². The third-order valence-electron chi connectivity index (χ3n) is 5.25. The largest absolute Gasteiger partial charge is 0.366 e. The number of hydrogen-bond donors (Lipinski definition) is 2. The fourth-order valence-corrected chi connectivity index (χ4v) is 5.17. The second kappa shape index (κ2) is 11.6. The van der Waals surface area contributed by atoms with Crippen molar-refractivity contribution in [3.05, 3.63) is 21.1 Å². The molecular weight excluding hydrogens is 490 g/mol. The number of unbranched alkanes of at least 4 members (excludes halogenated alkanes) is 8. The second-order valence-electron chi connectivity index (χ2n) is 7.73. The van der Waals surface area contributed by atoms with E-state index >= 15 is 0 Å². The van der Waals surface area contributed by atoms with E-state index in [1.165, 1.54) is 44.9 Å². The molecule has 5 nitrogen and oxygen atoms in total. The van der Waals surface area contributed by atoms with E-state index in [1.807, 2.05) is 0 Å². The molecule has 1 aliphatic carbocycles. The summed E-state index contributed by atoms with van der Waals surface area (Å²) in [4.78, 5) is 24.1. The molecule has 158 valence electrons. The smallest absolute Gasteiger partial charge is 0.220 e. The van der Waals surface area contributed by atoms with Crippen molar-refractivity contribution in [3.8, 4) is 0 Å². The minimum atomic E-state index is -1.10. The number of carbonyl (C=O) groups excluding carboxylic acids is 2. The molecule has 2 rings (SSSR count). The van der Waals surface area contributed by atoms with E-state index in [0.29, 0.717) is 21.8 Å². The highest BCUT2D eigenvalue weighted by Gasteiger charge is 2.46. The van der Waals surface area contributed by atoms with E-state index in [-0.39, 0.29) is 11.7 Å². The minimum Gasteiger partial charge on any atom is -0.366 e. The Bertz CT molecular complexity index is 596. The third kappa shape index (κ3) is 7.08. The Balaban J connectivity index is 1.67. The van der Waals surface area contributed by atoms with Crippen molar-refractivity contribution in [1.82, 2.24) is 5.32 Å². The Morgan fingerprint density at radius 3 is 2.21 bits per heavy atom. The number of nitrogens with one attached hydrogen (secondary N) is 1. The van der Waals surface area contributed by atoms with Gasteiger partial charge in [-0.3, -0.25) is 9.59 Å². The molecule has 2 unspecified atom stereocenters. The molecular formula is C21H31Br2NO4. The summed E-state index contributed by atoms with van der Waals surface area (Å²) in [6.45, 7) is 2.23. The highest BCUT2D eigenvalue weighted by molar-refractivity contribution is 9.13. The fraction of sp³-hybridized carbons (Fsp3) is 0.714. The average Bonchev–Trinajstić information content (AvgIpc) is 2.92. The summed E-state index contributed by atoms with van der Waals surface area (Å²) >= 11 is 6.47. The number of ether oxygens (including phenoxy) is 1. The van der Waals surface area contributed by atoms with Crippen molar-refractivity contribution < 1.29 is 19.4 Å². The third-order valence-corrected chi connectivity index (χ3v) is 6.43. The van der Waals surface area contributed by atoms with Gasteiger partial charge < -0.3 is 15.2 Å². The lowest BCUT2D eigenvalue weighted by Crippen LogP contribution is -2.40. The van der Waals surface area contributed by atoms with Gasteiger partial charge in [-0.15, -0.1) is 0 Å². The first-order chi connectivity index (χ1) is 13.4. The molecule has 0 bridgehead atoms. The van der Waals surface area contributed by atoms with Crippen molar-refractivity contribution >= 4 is 43.6 Å². The van der Waals surface area contributed by atoms with Gasteiger partial charge in [-0.1, -0.05) is 58.3 Å². The van der Waals surface area contributed by atoms with Crippen molar-refractivity contribution in [1.29, 1.82) is 0 Å². The van der Waals surface area contributed by atoms with E-state index in [0.717, 1.165) is 12.8 Å². The van der Waals surface area contributed by atoms with Crippen LogP contribution in [0.25, 0.3) is 0 Å². The molecule has 0 radical (unpaired) electrons. The number of allylic oxidation sites excluding steroid dienone is 2. The number of hydrogen-bond acceptors (Lipinski definition) is 4. The lowest BCUT2D eigenvalue weighted by Gasteiger charge is -2.25. The summed E-state index contributed by atoms with van der Waals surface area (Å²) in [7, 11) is 0. The lowest BCUT2D eigenvalue weighted by molar-refractivity contribution is -0.129. The van der Waals surface area contributed by atoms with Crippen LogP contribution in [0.3, 0.4) is 0 Å². The summed E-state index contributed by atoms with van der Waals surface area (Å²) in [5, 5.41) is 13.1. The quantitative estimate of drug-likeness (QED) is 0.375. The Labute approximate surface area is 184 Å². The van der Waals surface area contributed by atoms with Gasteiger partial charge in [-0.05, 0) is 50.4 Å². The van der Waals surface area contributed by atoms with Crippen molar-refractivity contribution in [2.75, 3.05) is 0 Å². The summed E-state index contributed by atoms with van der Waals surface area (Å²) in [5.74, 6) is -0.229. The van der Waals surface area contributed by atoms with E-state index in [4.69, 9.17) is 4.74 Å². The summed E-state index contributed by atoms with van der Waals surface area (Å²) in [5.41, 5.74) is -0.888. The maximum atomic E-state index is 12.2. The Hall–Kier alpha value is -0.500. The van der Waals surface area contributed by atoms with Gasteiger partial charge in [0.2, 0.25) is 11.7 Å². The number of aliphatic hydroxyl groups is 1. The first-order valence-electron chi connectivity index (χ1n) is 10.3. The average molecular weight is 521 g/mol. The van der Waals surface area contributed by atoms with Crippen molar-refractivity contribution in [2.45, 2.75) is 95.5 Å². The molecule has 1 saturated heterocycles. The molecule has 2 aliphatic rings. The highest BCUT2D eigenvalue weighted by Crippen LogP contribution is 2.40. The lowest BCUT2D eigenvalue weighted by atomic mass is 9.92. The number of carbonyl (C=O) groups is 2. The molecule has 0 aromatic rings. The van der Waals surface area contributed by atoms with Gasteiger partial charge in [-0.25, -0.2) is 0 Å². The zero-order valence-electron chi connectivity index (χ0n) is 16.5. The maximum absolute atomic E-state index is 12.2. The van der Waals surface area contributed by atoms with Gasteiger partial charge >= 0.3 is 0 Å². The SMILES string of the molecule is CCCCCCCCCCCC(=O)NC1CC2(C=C(Br)C(=O)C(Br)=C2)OC1O. The zero-order chi connectivity index (χ0) is 20.6. The van der Waals surface area contributed by atoms with Gasteiger partial charge in [0.1, 0.15) is 5.60 Å². The predicted octanol–water partition coefficient (Wildman–Crippen LogP) is 5.01. The molecule has 1 fully saturated rings. The fourth-order valence-electron chi connectivity index (χ4n) is 3.70. The van der Waals surface area contributed by atoms with Crippen LogP contribution in [0.2, 0.25) is 0 Å². The first-order valence-corrected chi connectivity index (χ1v) is 11.9. The Morgan fingerprint density at radius 2 is 1.64 bits per heavy atom. The second-order valence-corrected chi connectivity index (χ2v) is 9.44. The van der Waals surface area contributed by atoms with E-state index in [2.05, 4.69) is 44.1 Å². The number of Topliss-reactive ketones (excluding diaryl/α,β-unsaturated/α-hetero) is 1. The van der Waals surface area contributed by atoms with Crippen LogP contribution in [0.5, 0.6) is 0 Å². The van der Waals surface area contributed by atoms with E-state index < -0.39 is 17.9 Å². The number of ketones is 1. The van der Waals surface area contributed by atoms with Crippen molar-refractivity contribution in [3.63, 3.8) is 0 Å². The van der Waals surface area contributed by atoms with Crippen LogP contribution in [-0.2, 0) is 14.3 Å². The normalized spacial score (nSPS) is 23.6. The molecule has 28 heavy (non-hydrogen) atoms.